The molecule has 146 valence electrons. The van der Waals surface area contributed by atoms with Crippen molar-refractivity contribution in [2.45, 2.75) is 32.9 Å². The third-order valence-electron chi connectivity index (χ3n) is 4.19. The molecule has 0 aliphatic carbocycles. The Labute approximate surface area is 170 Å². The van der Waals surface area contributed by atoms with Crippen molar-refractivity contribution in [3.63, 3.8) is 0 Å². The molecule has 3 amide bonds. The first-order chi connectivity index (χ1) is 13.4. The number of imide groups is 1. The highest BCUT2D eigenvalue weighted by Crippen LogP contribution is 2.31. The number of fused-ring (bicyclic) bond motifs is 1. The van der Waals surface area contributed by atoms with Crippen LogP contribution in [0.4, 0.5) is 4.79 Å². The third-order valence-corrected chi connectivity index (χ3v) is 5.60. The molecule has 3 rings (SSSR count). The monoisotopic (exact) mass is 418 g/mol. The second kappa shape index (κ2) is 8.53. The Kier molecular flexibility index (Phi) is 6.11. The van der Waals surface area contributed by atoms with Crippen LogP contribution in [0, 0.1) is 0 Å². The first-order valence-corrected chi connectivity index (χ1v) is 9.92. The average molecular weight is 419 g/mol. The largest absolute Gasteiger partial charge is 0.335 e. The van der Waals surface area contributed by atoms with Crippen molar-refractivity contribution < 1.29 is 9.59 Å². The zero-order valence-electron chi connectivity index (χ0n) is 15.4. The van der Waals surface area contributed by atoms with Crippen LogP contribution in [-0.4, -0.2) is 27.5 Å². The maximum atomic E-state index is 12.7. The molecule has 1 atom stereocenters. The van der Waals surface area contributed by atoms with Gasteiger partial charge in [0, 0.05) is 15.9 Å². The molecule has 2 heterocycles. The minimum Gasteiger partial charge on any atom is -0.335 e. The van der Waals surface area contributed by atoms with Gasteiger partial charge in [-0.15, -0.1) is 11.3 Å². The number of urea groups is 1. The average Bonchev–Trinajstić information content (AvgIpc) is 3.09. The number of hydrogen-bond acceptors (Lipinski definition) is 5. The summed E-state index contributed by atoms with van der Waals surface area (Å²) in [6.07, 6.45) is 2.06. The molecule has 0 spiro atoms. The summed E-state index contributed by atoms with van der Waals surface area (Å²) in [7, 11) is 0. The van der Waals surface area contributed by atoms with Gasteiger partial charge in [0.25, 0.3) is 5.56 Å². The first-order valence-electron chi connectivity index (χ1n) is 8.72. The summed E-state index contributed by atoms with van der Waals surface area (Å²) >= 11 is 7.22. The van der Waals surface area contributed by atoms with Gasteiger partial charge < -0.3 is 5.32 Å². The summed E-state index contributed by atoms with van der Waals surface area (Å²) < 4.78 is 1.64. The van der Waals surface area contributed by atoms with Crippen molar-refractivity contribution in [1.82, 2.24) is 20.2 Å². The molecule has 28 heavy (non-hydrogen) atoms. The number of halogens is 1. The topological polar surface area (TPSA) is 93.1 Å². The number of nitrogens with zero attached hydrogens (tertiary/aromatic N) is 2. The van der Waals surface area contributed by atoms with Crippen molar-refractivity contribution >= 4 is 45.1 Å². The maximum Gasteiger partial charge on any atom is 0.321 e. The van der Waals surface area contributed by atoms with E-state index in [4.69, 9.17) is 11.6 Å². The van der Waals surface area contributed by atoms with E-state index >= 15 is 0 Å². The van der Waals surface area contributed by atoms with Crippen molar-refractivity contribution in [2.75, 3.05) is 0 Å². The summed E-state index contributed by atoms with van der Waals surface area (Å²) in [4.78, 5) is 41.7. The molecule has 0 saturated carbocycles. The van der Waals surface area contributed by atoms with Crippen LogP contribution in [0.3, 0.4) is 0 Å². The third kappa shape index (κ3) is 4.58. The van der Waals surface area contributed by atoms with E-state index < -0.39 is 11.9 Å². The second-order valence-corrected chi connectivity index (χ2v) is 7.83. The number of carbonyl (C=O) groups is 2. The fourth-order valence-corrected chi connectivity index (χ4v) is 3.69. The summed E-state index contributed by atoms with van der Waals surface area (Å²) in [5, 5.41) is 5.49. The number of benzene rings is 1. The van der Waals surface area contributed by atoms with Crippen LogP contribution >= 0.6 is 22.9 Å². The summed E-state index contributed by atoms with van der Waals surface area (Å²) in [5.74, 6) is -0.585. The number of aromatic nitrogens is 2. The minimum absolute atomic E-state index is 0.0500. The number of hydrogen-bond donors (Lipinski definition) is 2. The summed E-state index contributed by atoms with van der Waals surface area (Å²) in [6.45, 7) is 3.47. The first kappa shape index (κ1) is 20.0. The van der Waals surface area contributed by atoms with Gasteiger partial charge in [-0.25, -0.2) is 9.78 Å². The van der Waals surface area contributed by atoms with Crippen LogP contribution in [0.15, 0.2) is 41.5 Å². The molecule has 2 N–H and O–H groups in total. The molecule has 0 bridgehead atoms. The Balaban J connectivity index is 1.78. The van der Waals surface area contributed by atoms with Crippen LogP contribution in [0.2, 0.25) is 5.02 Å². The Hall–Kier alpha value is -2.71. The number of amides is 3. The lowest BCUT2D eigenvalue weighted by atomic mass is 10.2. The molecular formula is C19H19ClN4O3S. The van der Waals surface area contributed by atoms with Crippen molar-refractivity contribution in [3.8, 4) is 10.4 Å². The summed E-state index contributed by atoms with van der Waals surface area (Å²) in [5.41, 5.74) is 1.16. The Morgan fingerprint density at radius 1 is 1.29 bits per heavy atom. The molecule has 0 radical (unpaired) electrons. The second-order valence-electron chi connectivity index (χ2n) is 6.34. The fraction of sp³-hybridized carbons (Fsp3) is 0.263. The molecule has 0 aliphatic heterocycles. The Morgan fingerprint density at radius 3 is 2.68 bits per heavy atom. The van der Waals surface area contributed by atoms with Gasteiger partial charge in [0.1, 0.15) is 11.2 Å². The van der Waals surface area contributed by atoms with Crippen LogP contribution in [0.1, 0.15) is 20.3 Å². The zero-order valence-corrected chi connectivity index (χ0v) is 16.9. The zero-order chi connectivity index (χ0) is 20.3. The van der Waals surface area contributed by atoms with E-state index in [9.17, 15) is 14.4 Å². The van der Waals surface area contributed by atoms with Gasteiger partial charge >= 0.3 is 6.03 Å². The predicted octanol–water partition coefficient (Wildman–Crippen LogP) is 3.40. The van der Waals surface area contributed by atoms with E-state index in [1.807, 2.05) is 32.0 Å². The van der Waals surface area contributed by atoms with Crippen LogP contribution in [0.25, 0.3) is 20.7 Å². The van der Waals surface area contributed by atoms with E-state index in [2.05, 4.69) is 15.6 Å². The van der Waals surface area contributed by atoms with E-state index in [0.29, 0.717) is 15.2 Å². The lowest BCUT2D eigenvalue weighted by molar-refractivity contribution is -0.120. The maximum absolute atomic E-state index is 12.7. The van der Waals surface area contributed by atoms with E-state index in [1.165, 1.54) is 22.2 Å². The standard InChI is InChI=1S/C19H19ClN4O3S/c1-3-11(2)22-19(27)23-16(25)9-24-10-21-14-8-15(28-17(14)18(24)26)12-4-6-13(20)7-5-12/h4-8,10-11H,3,9H2,1-2H3,(H2,22,23,25,27)/t11-/m1/s1. The van der Waals surface area contributed by atoms with Crippen LogP contribution < -0.4 is 16.2 Å². The SMILES string of the molecule is CC[C@@H](C)NC(=O)NC(=O)Cn1cnc2cc(-c3ccc(Cl)cc3)sc2c1=O. The lowest BCUT2D eigenvalue weighted by Crippen LogP contribution is -2.45. The molecular weight excluding hydrogens is 400 g/mol. The molecule has 0 fully saturated rings. The normalized spacial score (nSPS) is 12.0. The molecule has 1 aromatic carbocycles. The quantitative estimate of drug-likeness (QED) is 0.664. The lowest BCUT2D eigenvalue weighted by Gasteiger charge is -2.12. The van der Waals surface area contributed by atoms with Gasteiger partial charge in [0.2, 0.25) is 5.91 Å². The highest BCUT2D eigenvalue weighted by Gasteiger charge is 2.14. The van der Waals surface area contributed by atoms with Gasteiger partial charge in [-0.05, 0) is 37.1 Å². The van der Waals surface area contributed by atoms with Gasteiger partial charge in [0.05, 0.1) is 11.8 Å². The van der Waals surface area contributed by atoms with Crippen molar-refractivity contribution in [1.29, 1.82) is 0 Å². The summed E-state index contributed by atoms with van der Waals surface area (Å²) in [6, 6.07) is 8.50. The highest BCUT2D eigenvalue weighted by atomic mass is 35.5. The van der Waals surface area contributed by atoms with E-state index in [1.54, 1.807) is 12.1 Å². The van der Waals surface area contributed by atoms with Crippen LogP contribution in [0.5, 0.6) is 0 Å². The molecule has 0 saturated heterocycles. The van der Waals surface area contributed by atoms with E-state index in [0.717, 1.165) is 16.9 Å². The Morgan fingerprint density at radius 2 is 2.00 bits per heavy atom. The van der Waals surface area contributed by atoms with E-state index in [-0.39, 0.29) is 18.1 Å². The van der Waals surface area contributed by atoms with Gasteiger partial charge in [-0.3, -0.25) is 19.5 Å². The predicted molar refractivity (Wildman–Crippen MR) is 111 cm³/mol. The van der Waals surface area contributed by atoms with Gasteiger partial charge in [0.15, 0.2) is 0 Å². The van der Waals surface area contributed by atoms with Gasteiger partial charge in [-0.1, -0.05) is 30.7 Å². The number of thiophene rings is 1. The molecule has 3 aromatic rings. The number of nitrogens with one attached hydrogen (secondary N) is 2. The molecule has 9 heteroatoms. The van der Waals surface area contributed by atoms with Crippen LogP contribution in [-0.2, 0) is 11.3 Å². The smallest absolute Gasteiger partial charge is 0.321 e. The fourth-order valence-electron chi connectivity index (χ4n) is 2.50. The van der Waals surface area contributed by atoms with Crippen molar-refractivity contribution in [3.05, 3.63) is 52.0 Å². The van der Waals surface area contributed by atoms with Gasteiger partial charge in [-0.2, -0.15) is 0 Å². The van der Waals surface area contributed by atoms with Crippen molar-refractivity contribution in [2.24, 2.45) is 0 Å². The number of carbonyl (C=O) groups excluding carboxylic acids is 2. The number of rotatable bonds is 5. The molecule has 2 aromatic heterocycles. The molecule has 0 aliphatic rings. The highest BCUT2D eigenvalue weighted by molar-refractivity contribution is 7.22. The molecule has 0 unspecified atom stereocenters. The Bertz CT molecular complexity index is 1070. The minimum atomic E-state index is -0.585. The molecule has 7 nitrogen and oxygen atoms in total.